The summed E-state index contributed by atoms with van der Waals surface area (Å²) in [5.41, 5.74) is 0.511. The van der Waals surface area contributed by atoms with Crippen molar-refractivity contribution < 1.29 is 13.2 Å². The number of anilines is 2. The van der Waals surface area contributed by atoms with Gasteiger partial charge in [-0.15, -0.1) is 0 Å². The van der Waals surface area contributed by atoms with E-state index in [-0.39, 0.29) is 17.1 Å². The molecular weight excluding hydrogens is 361 g/mol. The van der Waals surface area contributed by atoms with Gasteiger partial charge in [0.05, 0.1) is 10.0 Å². The third kappa shape index (κ3) is 4.34. The molecule has 0 aliphatic heterocycles. The van der Waals surface area contributed by atoms with E-state index in [1.54, 1.807) is 25.1 Å². The Morgan fingerprint density at radius 2 is 1.96 bits per heavy atom. The largest absolute Gasteiger partial charge is 0.339 e. The number of nitrogens with zero attached hydrogens (tertiary/aromatic N) is 1. The number of nitrogens with one attached hydrogen (secondary N) is 2. The highest BCUT2D eigenvalue weighted by Crippen LogP contribution is 2.28. The van der Waals surface area contributed by atoms with E-state index < -0.39 is 15.9 Å². The predicted molar refractivity (Wildman–Crippen MR) is 89.6 cm³/mol. The Morgan fingerprint density at radius 1 is 1.22 bits per heavy atom. The van der Waals surface area contributed by atoms with E-state index in [0.717, 1.165) is 0 Å². The minimum absolute atomic E-state index is 0.0506. The second-order valence-corrected chi connectivity index (χ2v) is 6.95. The van der Waals surface area contributed by atoms with E-state index in [9.17, 15) is 13.2 Å². The quantitative estimate of drug-likeness (QED) is 0.838. The van der Waals surface area contributed by atoms with Gasteiger partial charge in [-0.3, -0.25) is 4.79 Å². The molecule has 0 atom stereocenters. The first-order valence-electron chi connectivity index (χ1n) is 6.56. The number of carbonyl (C=O) groups is 1. The fourth-order valence-electron chi connectivity index (χ4n) is 1.69. The van der Waals surface area contributed by atoms with Gasteiger partial charge in [-0.05, 0) is 30.3 Å². The number of pyridine rings is 1. The highest BCUT2D eigenvalue weighted by Gasteiger charge is 2.21. The molecule has 23 heavy (non-hydrogen) atoms. The van der Waals surface area contributed by atoms with Crippen LogP contribution < -0.4 is 10.0 Å². The second kappa shape index (κ2) is 7.16. The van der Waals surface area contributed by atoms with Gasteiger partial charge in [-0.25, -0.2) is 18.1 Å². The lowest BCUT2D eigenvalue weighted by Gasteiger charge is -2.12. The molecule has 1 heterocycles. The first-order chi connectivity index (χ1) is 10.8. The summed E-state index contributed by atoms with van der Waals surface area (Å²) in [5, 5.41) is 3.55. The minimum Gasteiger partial charge on any atom is -0.339 e. The van der Waals surface area contributed by atoms with Crippen LogP contribution in [0.25, 0.3) is 0 Å². The van der Waals surface area contributed by atoms with E-state index in [4.69, 9.17) is 23.2 Å². The van der Waals surface area contributed by atoms with Gasteiger partial charge in [0.2, 0.25) is 5.91 Å². The van der Waals surface area contributed by atoms with Gasteiger partial charge in [0, 0.05) is 18.3 Å². The molecule has 6 nitrogen and oxygen atoms in total. The summed E-state index contributed by atoms with van der Waals surface area (Å²) in [6.07, 6.45) is 1.48. The standard InChI is InChI=1S/C14H13Cl2N3O3S/c1-2-13(20)19-23(21,22)12-4-3-7-17-14(12)18-9-5-6-10(15)11(16)8-9/h3-8H,2H2,1H3,(H,17,18)(H,19,20). The van der Waals surface area contributed by atoms with Gasteiger partial charge in [-0.1, -0.05) is 30.1 Å². The molecule has 0 fully saturated rings. The number of rotatable bonds is 5. The van der Waals surface area contributed by atoms with Crippen LogP contribution >= 0.6 is 23.2 Å². The number of halogens is 2. The van der Waals surface area contributed by atoms with Crippen molar-refractivity contribution >= 4 is 50.6 Å². The van der Waals surface area contributed by atoms with Gasteiger partial charge in [0.1, 0.15) is 4.90 Å². The Labute approximate surface area is 143 Å². The fourth-order valence-corrected chi connectivity index (χ4v) is 3.16. The summed E-state index contributed by atoms with van der Waals surface area (Å²) in [6.45, 7) is 1.56. The molecule has 1 aromatic carbocycles. The van der Waals surface area contributed by atoms with Gasteiger partial charge >= 0.3 is 0 Å². The summed E-state index contributed by atoms with van der Waals surface area (Å²) >= 11 is 11.8. The maximum Gasteiger partial charge on any atom is 0.267 e. The molecule has 9 heteroatoms. The lowest BCUT2D eigenvalue weighted by atomic mass is 10.3. The van der Waals surface area contributed by atoms with Crippen LogP contribution in [0.1, 0.15) is 13.3 Å². The summed E-state index contributed by atoms with van der Waals surface area (Å²) in [7, 11) is -4.02. The molecule has 2 aromatic rings. The van der Waals surface area contributed by atoms with Crippen molar-refractivity contribution in [3.05, 3.63) is 46.6 Å². The summed E-state index contributed by atoms with van der Waals surface area (Å²) in [4.78, 5) is 15.3. The number of amides is 1. The number of carbonyl (C=O) groups excluding carboxylic acids is 1. The Bertz CT molecular complexity index is 841. The lowest BCUT2D eigenvalue weighted by molar-refractivity contribution is -0.119. The lowest BCUT2D eigenvalue weighted by Crippen LogP contribution is -2.30. The zero-order valence-corrected chi connectivity index (χ0v) is 14.3. The molecule has 0 bridgehead atoms. The normalized spacial score (nSPS) is 11.1. The van der Waals surface area contributed by atoms with Crippen LogP contribution in [0, 0.1) is 0 Å². The molecule has 0 spiro atoms. The first kappa shape index (κ1) is 17.5. The highest BCUT2D eigenvalue weighted by molar-refractivity contribution is 7.90. The van der Waals surface area contributed by atoms with Crippen molar-refractivity contribution in [2.75, 3.05) is 5.32 Å². The summed E-state index contributed by atoms with van der Waals surface area (Å²) in [5.74, 6) is -0.531. The predicted octanol–water partition coefficient (Wildman–Crippen LogP) is 3.35. The highest BCUT2D eigenvalue weighted by atomic mass is 35.5. The molecular formula is C14H13Cl2N3O3S. The fraction of sp³-hybridized carbons (Fsp3) is 0.143. The van der Waals surface area contributed by atoms with Crippen molar-refractivity contribution in [1.29, 1.82) is 0 Å². The Morgan fingerprint density at radius 3 is 2.61 bits per heavy atom. The molecule has 0 unspecified atom stereocenters. The topological polar surface area (TPSA) is 88.2 Å². The molecule has 0 saturated carbocycles. The number of aromatic nitrogens is 1. The molecule has 122 valence electrons. The molecule has 2 N–H and O–H groups in total. The van der Waals surface area contributed by atoms with Crippen molar-refractivity contribution in [1.82, 2.24) is 9.71 Å². The Balaban J connectivity index is 2.37. The van der Waals surface area contributed by atoms with Crippen LogP contribution in [0.3, 0.4) is 0 Å². The summed E-state index contributed by atoms with van der Waals surface area (Å²) < 4.78 is 26.5. The second-order valence-electron chi connectivity index (χ2n) is 4.49. The third-order valence-corrected chi connectivity index (χ3v) is 4.96. The molecule has 0 aliphatic rings. The monoisotopic (exact) mass is 373 g/mol. The van der Waals surface area contributed by atoms with E-state index >= 15 is 0 Å². The summed E-state index contributed by atoms with van der Waals surface area (Å²) in [6, 6.07) is 7.55. The SMILES string of the molecule is CCC(=O)NS(=O)(=O)c1cccnc1Nc1ccc(Cl)c(Cl)c1. The maximum absolute atomic E-state index is 12.3. The van der Waals surface area contributed by atoms with Gasteiger partial charge in [-0.2, -0.15) is 0 Å². The zero-order valence-electron chi connectivity index (χ0n) is 12.0. The van der Waals surface area contributed by atoms with Crippen LogP contribution in [-0.4, -0.2) is 19.3 Å². The van der Waals surface area contributed by atoms with Crippen molar-refractivity contribution in [2.24, 2.45) is 0 Å². The van der Waals surface area contributed by atoms with E-state index in [2.05, 4.69) is 10.3 Å². The van der Waals surface area contributed by atoms with Crippen molar-refractivity contribution in [2.45, 2.75) is 18.2 Å². The molecule has 1 aromatic heterocycles. The Kier molecular flexibility index (Phi) is 5.46. The average Bonchev–Trinajstić information content (AvgIpc) is 2.51. The number of benzene rings is 1. The van der Waals surface area contributed by atoms with Gasteiger partial charge in [0.25, 0.3) is 10.0 Å². The first-order valence-corrected chi connectivity index (χ1v) is 8.80. The molecule has 0 aliphatic carbocycles. The van der Waals surface area contributed by atoms with Gasteiger partial charge in [0.15, 0.2) is 5.82 Å². The van der Waals surface area contributed by atoms with E-state index in [0.29, 0.717) is 15.7 Å². The number of hydrogen-bond donors (Lipinski definition) is 2. The van der Waals surface area contributed by atoms with Crippen LogP contribution in [0.2, 0.25) is 10.0 Å². The van der Waals surface area contributed by atoms with Crippen LogP contribution in [0.15, 0.2) is 41.4 Å². The van der Waals surface area contributed by atoms with Crippen LogP contribution in [-0.2, 0) is 14.8 Å². The number of sulfonamides is 1. The maximum atomic E-state index is 12.3. The number of hydrogen-bond acceptors (Lipinski definition) is 5. The molecule has 1 amide bonds. The molecule has 0 radical (unpaired) electrons. The van der Waals surface area contributed by atoms with Crippen molar-refractivity contribution in [3.8, 4) is 0 Å². The zero-order chi connectivity index (χ0) is 17.0. The van der Waals surface area contributed by atoms with Crippen molar-refractivity contribution in [3.63, 3.8) is 0 Å². The van der Waals surface area contributed by atoms with Gasteiger partial charge < -0.3 is 5.32 Å². The van der Waals surface area contributed by atoms with E-state index in [1.165, 1.54) is 18.3 Å². The molecule has 0 saturated heterocycles. The van der Waals surface area contributed by atoms with E-state index in [1.807, 2.05) is 4.72 Å². The van der Waals surface area contributed by atoms with Crippen LogP contribution in [0.5, 0.6) is 0 Å². The molecule has 2 rings (SSSR count). The average molecular weight is 374 g/mol. The van der Waals surface area contributed by atoms with Crippen LogP contribution in [0.4, 0.5) is 11.5 Å². The third-order valence-electron chi connectivity index (χ3n) is 2.81. The smallest absolute Gasteiger partial charge is 0.267 e. The minimum atomic E-state index is -4.02. The Hall–Kier alpha value is -1.83.